The van der Waals surface area contributed by atoms with Gasteiger partial charge in [0.15, 0.2) is 0 Å². The zero-order chi connectivity index (χ0) is 15.2. The van der Waals surface area contributed by atoms with Crippen LogP contribution in [0.15, 0.2) is 42.5 Å². The first kappa shape index (κ1) is 14.8. The van der Waals surface area contributed by atoms with Crippen molar-refractivity contribution in [2.45, 2.75) is 6.42 Å². The zero-order valence-electron chi connectivity index (χ0n) is 11.6. The Kier molecular flexibility index (Phi) is 4.77. The topological polar surface area (TPSA) is 58.6 Å². The minimum atomic E-state index is -1.28. The van der Waals surface area contributed by atoms with Gasteiger partial charge in [-0.1, -0.05) is 24.3 Å². The molecule has 4 nitrogen and oxygen atoms in total. The molecule has 0 fully saturated rings. The summed E-state index contributed by atoms with van der Waals surface area (Å²) in [7, 11) is 1.60. The molecule has 0 radical (unpaired) electrons. The number of aromatic carboxylic acids is 1. The van der Waals surface area contributed by atoms with Crippen LogP contribution in [0.1, 0.15) is 15.9 Å². The third-order valence-electron chi connectivity index (χ3n) is 3.13. The SMILES string of the molecule is COc1ccccc1CCNc1cccc(F)c1C(=O)O. The molecule has 2 rings (SSSR count). The van der Waals surface area contributed by atoms with Crippen molar-refractivity contribution in [3.05, 3.63) is 59.4 Å². The molecule has 0 saturated carbocycles. The number of carbonyl (C=O) groups is 1. The monoisotopic (exact) mass is 289 g/mol. The number of carboxylic acids is 1. The van der Waals surface area contributed by atoms with Crippen molar-refractivity contribution in [1.82, 2.24) is 0 Å². The third kappa shape index (κ3) is 3.51. The van der Waals surface area contributed by atoms with E-state index in [0.29, 0.717) is 13.0 Å². The molecule has 0 aliphatic rings. The van der Waals surface area contributed by atoms with E-state index >= 15 is 0 Å². The lowest BCUT2D eigenvalue weighted by Crippen LogP contribution is -2.11. The predicted octanol–water partition coefficient (Wildman–Crippen LogP) is 3.19. The number of benzene rings is 2. The molecule has 2 aromatic carbocycles. The fourth-order valence-electron chi connectivity index (χ4n) is 2.13. The van der Waals surface area contributed by atoms with E-state index in [-0.39, 0.29) is 11.3 Å². The Balaban J connectivity index is 2.07. The van der Waals surface area contributed by atoms with Gasteiger partial charge in [-0.15, -0.1) is 0 Å². The van der Waals surface area contributed by atoms with Crippen LogP contribution in [0.25, 0.3) is 0 Å². The predicted molar refractivity (Wildman–Crippen MR) is 78.5 cm³/mol. The number of carboxylic acid groups (broad SMARTS) is 1. The van der Waals surface area contributed by atoms with E-state index in [9.17, 15) is 9.18 Å². The van der Waals surface area contributed by atoms with Crippen molar-refractivity contribution in [3.8, 4) is 5.75 Å². The third-order valence-corrected chi connectivity index (χ3v) is 3.13. The second-order valence-electron chi connectivity index (χ2n) is 4.46. The molecule has 0 atom stereocenters. The van der Waals surface area contributed by atoms with Crippen LogP contribution in [0, 0.1) is 5.82 Å². The van der Waals surface area contributed by atoms with E-state index in [0.717, 1.165) is 17.4 Å². The molecule has 0 amide bonds. The Morgan fingerprint density at radius 3 is 2.71 bits per heavy atom. The van der Waals surface area contributed by atoms with Gasteiger partial charge >= 0.3 is 5.97 Å². The fraction of sp³-hybridized carbons (Fsp3) is 0.188. The quantitative estimate of drug-likeness (QED) is 0.857. The molecule has 2 N–H and O–H groups in total. The number of anilines is 1. The highest BCUT2D eigenvalue weighted by Crippen LogP contribution is 2.21. The van der Waals surface area contributed by atoms with Gasteiger partial charge in [0, 0.05) is 6.54 Å². The Labute approximate surface area is 122 Å². The Hall–Kier alpha value is -2.56. The number of para-hydroxylation sites is 1. The van der Waals surface area contributed by atoms with Gasteiger partial charge in [0.25, 0.3) is 0 Å². The van der Waals surface area contributed by atoms with Crippen LogP contribution in [0.2, 0.25) is 0 Å². The van der Waals surface area contributed by atoms with Gasteiger partial charge in [-0.25, -0.2) is 9.18 Å². The van der Waals surface area contributed by atoms with E-state index < -0.39 is 11.8 Å². The summed E-state index contributed by atoms with van der Waals surface area (Å²) in [5.41, 5.74) is 0.940. The molecular weight excluding hydrogens is 273 g/mol. The summed E-state index contributed by atoms with van der Waals surface area (Å²) < 4.78 is 18.8. The highest BCUT2D eigenvalue weighted by atomic mass is 19.1. The van der Waals surface area contributed by atoms with E-state index in [1.807, 2.05) is 24.3 Å². The smallest absolute Gasteiger partial charge is 0.340 e. The van der Waals surface area contributed by atoms with Gasteiger partial charge in [-0.05, 0) is 30.2 Å². The first-order valence-electron chi connectivity index (χ1n) is 6.51. The second kappa shape index (κ2) is 6.74. The number of ether oxygens (including phenoxy) is 1. The number of hydrogen-bond donors (Lipinski definition) is 2. The lowest BCUT2D eigenvalue weighted by Gasteiger charge is -2.12. The molecule has 110 valence electrons. The normalized spacial score (nSPS) is 10.2. The summed E-state index contributed by atoms with van der Waals surface area (Å²) in [5.74, 6) is -1.25. The lowest BCUT2D eigenvalue weighted by atomic mass is 10.1. The van der Waals surface area contributed by atoms with Gasteiger partial charge in [0.2, 0.25) is 0 Å². The van der Waals surface area contributed by atoms with Crippen LogP contribution in [-0.2, 0) is 6.42 Å². The summed E-state index contributed by atoms with van der Waals surface area (Å²) in [6.07, 6.45) is 0.638. The number of methoxy groups -OCH3 is 1. The number of nitrogens with one attached hydrogen (secondary N) is 1. The summed E-state index contributed by atoms with van der Waals surface area (Å²) in [5, 5.41) is 12.0. The van der Waals surface area contributed by atoms with E-state index in [1.165, 1.54) is 6.07 Å². The molecule has 0 saturated heterocycles. The van der Waals surface area contributed by atoms with Crippen molar-refractivity contribution >= 4 is 11.7 Å². The molecule has 0 unspecified atom stereocenters. The molecule has 0 heterocycles. The highest BCUT2D eigenvalue weighted by Gasteiger charge is 2.15. The fourth-order valence-corrected chi connectivity index (χ4v) is 2.13. The summed E-state index contributed by atoms with van der Waals surface area (Å²) in [6.45, 7) is 0.476. The lowest BCUT2D eigenvalue weighted by molar-refractivity contribution is 0.0693. The summed E-state index contributed by atoms with van der Waals surface area (Å²) >= 11 is 0. The maximum atomic E-state index is 13.5. The van der Waals surface area contributed by atoms with Crippen LogP contribution in [0.4, 0.5) is 10.1 Å². The summed E-state index contributed by atoms with van der Waals surface area (Å²) in [4.78, 5) is 11.1. The second-order valence-corrected chi connectivity index (χ2v) is 4.46. The molecule has 0 aromatic heterocycles. The minimum absolute atomic E-state index is 0.275. The van der Waals surface area contributed by atoms with Crippen LogP contribution in [-0.4, -0.2) is 24.7 Å². The van der Waals surface area contributed by atoms with Gasteiger partial charge in [-0.3, -0.25) is 0 Å². The Morgan fingerprint density at radius 2 is 2.00 bits per heavy atom. The van der Waals surface area contributed by atoms with Crippen molar-refractivity contribution < 1.29 is 19.0 Å². The van der Waals surface area contributed by atoms with Crippen LogP contribution >= 0.6 is 0 Å². The standard InChI is InChI=1S/C16H16FNO3/c1-21-14-8-3-2-5-11(14)9-10-18-13-7-4-6-12(17)15(13)16(19)20/h2-8,18H,9-10H2,1H3,(H,19,20). The minimum Gasteiger partial charge on any atom is -0.496 e. The van der Waals surface area contributed by atoms with Gasteiger partial charge in [0.05, 0.1) is 12.8 Å². The molecule has 2 aromatic rings. The Bertz CT molecular complexity index is 643. The average Bonchev–Trinajstić information content (AvgIpc) is 2.47. The van der Waals surface area contributed by atoms with Crippen LogP contribution in [0.3, 0.4) is 0 Å². The zero-order valence-corrected chi connectivity index (χ0v) is 11.6. The molecule has 0 aliphatic heterocycles. The Morgan fingerprint density at radius 1 is 1.24 bits per heavy atom. The maximum absolute atomic E-state index is 13.5. The van der Waals surface area contributed by atoms with Crippen molar-refractivity contribution in [3.63, 3.8) is 0 Å². The first-order valence-corrected chi connectivity index (χ1v) is 6.51. The van der Waals surface area contributed by atoms with Crippen LogP contribution in [0.5, 0.6) is 5.75 Å². The average molecular weight is 289 g/mol. The summed E-state index contributed by atoms with van der Waals surface area (Å²) in [6, 6.07) is 11.7. The van der Waals surface area contributed by atoms with E-state index in [2.05, 4.69) is 5.32 Å². The van der Waals surface area contributed by atoms with Gasteiger partial charge in [-0.2, -0.15) is 0 Å². The number of hydrogen-bond acceptors (Lipinski definition) is 3. The van der Waals surface area contributed by atoms with Gasteiger partial charge < -0.3 is 15.2 Å². The van der Waals surface area contributed by atoms with E-state index in [1.54, 1.807) is 13.2 Å². The molecule has 0 aliphatic carbocycles. The number of halogens is 1. The van der Waals surface area contributed by atoms with Crippen molar-refractivity contribution in [2.24, 2.45) is 0 Å². The molecule has 0 spiro atoms. The number of rotatable bonds is 6. The first-order chi connectivity index (χ1) is 10.1. The molecule has 21 heavy (non-hydrogen) atoms. The van der Waals surface area contributed by atoms with E-state index in [4.69, 9.17) is 9.84 Å². The van der Waals surface area contributed by atoms with Gasteiger partial charge in [0.1, 0.15) is 17.1 Å². The van der Waals surface area contributed by atoms with Crippen LogP contribution < -0.4 is 10.1 Å². The molecule has 5 heteroatoms. The molecular formula is C16H16FNO3. The maximum Gasteiger partial charge on any atom is 0.340 e. The van der Waals surface area contributed by atoms with Crippen molar-refractivity contribution in [2.75, 3.05) is 19.0 Å². The largest absolute Gasteiger partial charge is 0.496 e. The van der Waals surface area contributed by atoms with Crippen molar-refractivity contribution in [1.29, 1.82) is 0 Å². The highest BCUT2D eigenvalue weighted by molar-refractivity contribution is 5.94. The molecule has 0 bridgehead atoms.